The van der Waals surface area contributed by atoms with Gasteiger partial charge in [-0.3, -0.25) is 4.79 Å². The number of amides is 1. The zero-order valence-corrected chi connectivity index (χ0v) is 11.4. The number of hydrogen-bond acceptors (Lipinski definition) is 2. The predicted molar refractivity (Wildman–Crippen MR) is 79.1 cm³/mol. The maximum Gasteiger partial charge on any atom is 0.232 e. The van der Waals surface area contributed by atoms with Crippen molar-refractivity contribution in [3.8, 4) is 5.75 Å². The van der Waals surface area contributed by atoms with Gasteiger partial charge in [0.1, 0.15) is 5.75 Å². The summed E-state index contributed by atoms with van der Waals surface area (Å²) in [5.74, 6) is 0.858. The molecule has 1 amide bonds. The first-order valence-electron chi connectivity index (χ1n) is 6.89. The molecule has 20 heavy (non-hydrogen) atoms. The Morgan fingerprint density at radius 2 is 1.85 bits per heavy atom. The molecule has 2 aromatic carbocycles. The van der Waals surface area contributed by atoms with Gasteiger partial charge in [0.25, 0.3) is 0 Å². The Morgan fingerprint density at radius 1 is 1.10 bits per heavy atom. The Labute approximate surface area is 118 Å². The van der Waals surface area contributed by atoms with Gasteiger partial charge in [0.15, 0.2) is 0 Å². The molecule has 102 valence electrons. The number of rotatable bonds is 4. The molecule has 1 heterocycles. The van der Waals surface area contributed by atoms with Crippen molar-refractivity contribution in [1.82, 2.24) is 0 Å². The molecule has 0 aromatic heterocycles. The highest BCUT2D eigenvalue weighted by atomic mass is 16.5. The lowest BCUT2D eigenvalue weighted by Gasteiger charge is -2.10. The van der Waals surface area contributed by atoms with Gasteiger partial charge >= 0.3 is 0 Å². The van der Waals surface area contributed by atoms with Crippen LogP contribution in [0.15, 0.2) is 48.5 Å². The van der Waals surface area contributed by atoms with E-state index in [0.717, 1.165) is 29.0 Å². The Balaban J connectivity index is 1.79. The van der Waals surface area contributed by atoms with Crippen molar-refractivity contribution in [3.05, 3.63) is 59.7 Å². The van der Waals surface area contributed by atoms with Gasteiger partial charge in [0, 0.05) is 5.69 Å². The molecule has 3 heteroatoms. The summed E-state index contributed by atoms with van der Waals surface area (Å²) in [7, 11) is 0. The van der Waals surface area contributed by atoms with Crippen LogP contribution in [0, 0.1) is 0 Å². The van der Waals surface area contributed by atoms with E-state index in [1.165, 1.54) is 0 Å². The molecule has 1 N–H and O–H groups in total. The van der Waals surface area contributed by atoms with Crippen LogP contribution in [-0.2, 0) is 11.2 Å². The zero-order valence-electron chi connectivity index (χ0n) is 11.4. The Kier molecular flexibility index (Phi) is 3.42. The summed E-state index contributed by atoms with van der Waals surface area (Å²) in [6, 6.07) is 15.9. The Morgan fingerprint density at radius 3 is 2.60 bits per heavy atom. The number of nitrogens with one attached hydrogen (secondary N) is 1. The largest absolute Gasteiger partial charge is 0.494 e. The first kappa shape index (κ1) is 12.7. The van der Waals surface area contributed by atoms with E-state index < -0.39 is 0 Å². The zero-order chi connectivity index (χ0) is 13.9. The van der Waals surface area contributed by atoms with Crippen molar-refractivity contribution >= 4 is 11.6 Å². The monoisotopic (exact) mass is 267 g/mol. The lowest BCUT2D eigenvalue weighted by molar-refractivity contribution is -0.117. The van der Waals surface area contributed by atoms with E-state index in [1.54, 1.807) is 0 Å². The molecule has 3 rings (SSSR count). The van der Waals surface area contributed by atoms with E-state index >= 15 is 0 Å². The quantitative estimate of drug-likeness (QED) is 0.922. The van der Waals surface area contributed by atoms with Gasteiger partial charge in [-0.05, 0) is 42.7 Å². The first-order chi connectivity index (χ1) is 9.78. The second-order valence-corrected chi connectivity index (χ2v) is 4.91. The SMILES string of the molecule is CCOc1ccc(CC2C(=O)Nc3ccccc32)cc1. The van der Waals surface area contributed by atoms with Crippen molar-refractivity contribution in [3.63, 3.8) is 0 Å². The molecule has 0 saturated heterocycles. The summed E-state index contributed by atoms with van der Waals surface area (Å²) in [6.07, 6.45) is 0.718. The molecule has 1 aliphatic heterocycles. The van der Waals surface area contributed by atoms with Crippen LogP contribution in [0.2, 0.25) is 0 Å². The number of carbonyl (C=O) groups excluding carboxylic acids is 1. The number of benzene rings is 2. The second-order valence-electron chi connectivity index (χ2n) is 4.91. The fraction of sp³-hybridized carbons (Fsp3) is 0.235. The van der Waals surface area contributed by atoms with Crippen LogP contribution in [0.5, 0.6) is 5.75 Å². The highest BCUT2D eigenvalue weighted by Gasteiger charge is 2.29. The third kappa shape index (κ3) is 2.39. The molecular formula is C17H17NO2. The predicted octanol–water partition coefficient (Wildman–Crippen LogP) is 3.36. The van der Waals surface area contributed by atoms with Crippen molar-refractivity contribution in [1.29, 1.82) is 0 Å². The van der Waals surface area contributed by atoms with Gasteiger partial charge in [-0.25, -0.2) is 0 Å². The van der Waals surface area contributed by atoms with Gasteiger partial charge in [0.05, 0.1) is 12.5 Å². The lowest BCUT2D eigenvalue weighted by Crippen LogP contribution is -2.14. The van der Waals surface area contributed by atoms with Crippen molar-refractivity contribution in [2.45, 2.75) is 19.3 Å². The Bertz CT molecular complexity index is 619. The van der Waals surface area contributed by atoms with Crippen LogP contribution in [-0.4, -0.2) is 12.5 Å². The van der Waals surface area contributed by atoms with Crippen LogP contribution in [0.3, 0.4) is 0 Å². The van der Waals surface area contributed by atoms with Gasteiger partial charge in [-0.1, -0.05) is 30.3 Å². The van der Waals surface area contributed by atoms with Crippen molar-refractivity contribution < 1.29 is 9.53 Å². The summed E-state index contributed by atoms with van der Waals surface area (Å²) in [4.78, 5) is 12.1. The standard InChI is InChI=1S/C17H17NO2/c1-2-20-13-9-7-12(8-10-13)11-15-14-5-3-4-6-16(14)18-17(15)19/h3-10,15H,2,11H2,1H3,(H,18,19). The number of hydrogen-bond donors (Lipinski definition) is 1. The first-order valence-corrected chi connectivity index (χ1v) is 6.89. The van der Waals surface area contributed by atoms with E-state index in [-0.39, 0.29) is 11.8 Å². The molecule has 0 bridgehead atoms. The van der Waals surface area contributed by atoms with E-state index in [0.29, 0.717) is 6.61 Å². The Hall–Kier alpha value is -2.29. The molecule has 0 saturated carbocycles. The molecule has 2 aromatic rings. The number of anilines is 1. The maximum absolute atomic E-state index is 12.1. The van der Waals surface area contributed by atoms with Crippen LogP contribution >= 0.6 is 0 Å². The van der Waals surface area contributed by atoms with Gasteiger partial charge in [-0.15, -0.1) is 0 Å². The molecule has 1 aliphatic rings. The van der Waals surface area contributed by atoms with Crippen LogP contribution in [0.1, 0.15) is 24.0 Å². The van der Waals surface area contributed by atoms with Gasteiger partial charge in [0.2, 0.25) is 5.91 Å². The lowest BCUT2D eigenvalue weighted by atomic mass is 9.93. The third-order valence-corrected chi connectivity index (χ3v) is 3.58. The molecule has 1 unspecified atom stereocenters. The molecule has 0 radical (unpaired) electrons. The molecule has 0 fully saturated rings. The maximum atomic E-state index is 12.1. The van der Waals surface area contributed by atoms with Crippen LogP contribution < -0.4 is 10.1 Å². The summed E-state index contributed by atoms with van der Waals surface area (Å²) in [6.45, 7) is 2.63. The molecule has 0 aliphatic carbocycles. The van der Waals surface area contributed by atoms with Crippen LogP contribution in [0.4, 0.5) is 5.69 Å². The highest BCUT2D eigenvalue weighted by Crippen LogP contribution is 2.34. The minimum absolute atomic E-state index is 0.0834. The van der Waals surface area contributed by atoms with Gasteiger partial charge in [-0.2, -0.15) is 0 Å². The minimum Gasteiger partial charge on any atom is -0.494 e. The summed E-state index contributed by atoms with van der Waals surface area (Å²) in [5, 5.41) is 2.94. The average molecular weight is 267 g/mol. The van der Waals surface area contributed by atoms with E-state index in [9.17, 15) is 4.79 Å². The highest BCUT2D eigenvalue weighted by molar-refractivity contribution is 6.03. The number of ether oxygens (including phenoxy) is 1. The van der Waals surface area contributed by atoms with Gasteiger partial charge < -0.3 is 10.1 Å². The molecule has 0 spiro atoms. The second kappa shape index (κ2) is 5.37. The number of para-hydroxylation sites is 1. The topological polar surface area (TPSA) is 38.3 Å². The van der Waals surface area contributed by atoms with E-state index in [4.69, 9.17) is 4.74 Å². The van der Waals surface area contributed by atoms with Crippen molar-refractivity contribution in [2.75, 3.05) is 11.9 Å². The van der Waals surface area contributed by atoms with E-state index in [1.807, 2.05) is 55.5 Å². The molecular weight excluding hydrogens is 250 g/mol. The van der Waals surface area contributed by atoms with E-state index in [2.05, 4.69) is 5.32 Å². The summed E-state index contributed by atoms with van der Waals surface area (Å²) < 4.78 is 5.43. The fourth-order valence-electron chi connectivity index (χ4n) is 2.60. The molecule has 3 nitrogen and oxygen atoms in total. The summed E-state index contributed by atoms with van der Waals surface area (Å²) in [5.41, 5.74) is 3.17. The summed E-state index contributed by atoms with van der Waals surface area (Å²) >= 11 is 0. The number of carbonyl (C=O) groups is 1. The average Bonchev–Trinajstić information content (AvgIpc) is 2.78. The third-order valence-electron chi connectivity index (χ3n) is 3.58. The molecule has 1 atom stereocenters. The fourth-order valence-corrected chi connectivity index (χ4v) is 2.60. The minimum atomic E-state index is -0.0934. The normalized spacial score (nSPS) is 16.6. The number of fused-ring (bicyclic) bond motifs is 1. The van der Waals surface area contributed by atoms with Crippen molar-refractivity contribution in [2.24, 2.45) is 0 Å². The smallest absolute Gasteiger partial charge is 0.232 e. The van der Waals surface area contributed by atoms with Crippen LogP contribution in [0.25, 0.3) is 0 Å².